The molecule has 0 unspecified atom stereocenters. The Morgan fingerprint density at radius 2 is 2.05 bits per heavy atom. The largest absolute Gasteiger partial charge is 0.417 e. The van der Waals surface area contributed by atoms with Crippen LogP contribution in [0.1, 0.15) is 12.1 Å². The Hall–Kier alpha value is -2.44. The zero-order chi connectivity index (χ0) is 13.8. The number of nitrogens with zero attached hydrogens (tertiary/aromatic N) is 2. The van der Waals surface area contributed by atoms with Crippen LogP contribution in [0.4, 0.5) is 19.3 Å². The number of aromatic nitrogens is 2. The number of halogens is 2. The molecule has 2 aromatic rings. The number of nitrogens with one attached hydrogen (secondary N) is 1. The zero-order valence-corrected chi connectivity index (χ0v) is 10.0. The van der Waals surface area contributed by atoms with Crippen molar-refractivity contribution in [2.24, 2.45) is 7.05 Å². The minimum Gasteiger partial charge on any atom is -0.406 e. The lowest BCUT2D eigenvalue weighted by atomic mass is 10.3. The topological polar surface area (TPSA) is 56.1 Å². The van der Waals surface area contributed by atoms with Crippen molar-refractivity contribution in [2.75, 3.05) is 5.32 Å². The molecule has 1 aromatic carbocycles. The number of anilines is 1. The van der Waals surface area contributed by atoms with E-state index < -0.39 is 18.2 Å². The fourth-order valence-corrected chi connectivity index (χ4v) is 1.48. The fourth-order valence-electron chi connectivity index (χ4n) is 1.48. The van der Waals surface area contributed by atoms with E-state index in [9.17, 15) is 13.6 Å². The molecule has 1 N–H and O–H groups in total. The molecule has 0 aliphatic carbocycles. The maximum absolute atomic E-state index is 12.6. The maximum atomic E-state index is 12.6. The number of para-hydroxylation sites is 1. The Morgan fingerprint density at radius 3 is 2.68 bits per heavy atom. The Labute approximate surface area is 107 Å². The van der Waals surface area contributed by atoms with Gasteiger partial charge in [0.15, 0.2) is 11.4 Å². The fraction of sp³-hybridized carbons (Fsp3) is 0.167. The van der Waals surface area contributed by atoms with E-state index in [1.54, 1.807) is 30.3 Å². The van der Waals surface area contributed by atoms with E-state index in [4.69, 9.17) is 4.74 Å². The predicted octanol–water partition coefficient (Wildman–Crippen LogP) is 2.97. The van der Waals surface area contributed by atoms with Gasteiger partial charge in [-0.15, -0.1) is 0 Å². The normalized spacial score (nSPS) is 10.5. The Morgan fingerprint density at radius 1 is 1.37 bits per heavy atom. The molecular formula is C12H11F2N3O2. The molecule has 100 valence electrons. The summed E-state index contributed by atoms with van der Waals surface area (Å²) in [5.41, 5.74) is -0.0549. The highest BCUT2D eigenvalue weighted by atomic mass is 19.3. The number of aryl methyl sites for hydroxylation is 1. The van der Waals surface area contributed by atoms with Crippen molar-refractivity contribution in [1.29, 1.82) is 0 Å². The first-order valence-corrected chi connectivity index (χ1v) is 5.42. The van der Waals surface area contributed by atoms with Gasteiger partial charge in [-0.2, -0.15) is 5.10 Å². The molecule has 2 rings (SSSR count). The van der Waals surface area contributed by atoms with Gasteiger partial charge in [0.2, 0.25) is 0 Å². The molecule has 1 aromatic heterocycles. The van der Waals surface area contributed by atoms with E-state index in [2.05, 4.69) is 10.4 Å². The highest BCUT2D eigenvalue weighted by Gasteiger charge is 2.21. The van der Waals surface area contributed by atoms with Crippen molar-refractivity contribution in [3.63, 3.8) is 0 Å². The molecule has 19 heavy (non-hydrogen) atoms. The Balaban J connectivity index is 2.07. The van der Waals surface area contributed by atoms with Gasteiger partial charge in [-0.3, -0.25) is 10.00 Å². The maximum Gasteiger partial charge on any atom is 0.417 e. The van der Waals surface area contributed by atoms with Gasteiger partial charge < -0.3 is 4.74 Å². The number of hydrogen-bond donors (Lipinski definition) is 1. The van der Waals surface area contributed by atoms with Crippen molar-refractivity contribution in [3.05, 3.63) is 42.2 Å². The van der Waals surface area contributed by atoms with Crippen LogP contribution >= 0.6 is 0 Å². The molecule has 0 aliphatic heterocycles. The summed E-state index contributed by atoms with van der Waals surface area (Å²) >= 11 is 0. The molecule has 0 saturated heterocycles. The van der Waals surface area contributed by atoms with Crippen molar-refractivity contribution >= 4 is 11.8 Å². The summed E-state index contributed by atoms with van der Waals surface area (Å²) in [6.45, 7) is 0. The third-order valence-corrected chi connectivity index (χ3v) is 2.25. The summed E-state index contributed by atoms with van der Waals surface area (Å²) in [5, 5.41) is 5.95. The second-order valence-corrected chi connectivity index (χ2v) is 3.73. The molecule has 1 amide bonds. The minimum atomic E-state index is -2.80. The number of rotatable bonds is 3. The first-order chi connectivity index (χ1) is 9.06. The van der Waals surface area contributed by atoms with E-state index in [1.165, 1.54) is 13.2 Å². The number of carbonyl (C=O) groups excluding carboxylic acids is 1. The van der Waals surface area contributed by atoms with Gasteiger partial charge >= 0.3 is 6.09 Å². The first-order valence-electron chi connectivity index (χ1n) is 5.42. The number of ether oxygens (including phenoxy) is 1. The van der Waals surface area contributed by atoms with E-state index in [0.29, 0.717) is 5.69 Å². The van der Waals surface area contributed by atoms with Crippen LogP contribution in [0.15, 0.2) is 36.5 Å². The quantitative estimate of drug-likeness (QED) is 0.930. The van der Waals surface area contributed by atoms with Gasteiger partial charge in [0.25, 0.3) is 6.43 Å². The average Bonchev–Trinajstić information content (AvgIpc) is 2.71. The van der Waals surface area contributed by atoms with E-state index in [-0.39, 0.29) is 5.75 Å². The third-order valence-electron chi connectivity index (χ3n) is 2.25. The molecule has 0 bridgehead atoms. The number of alkyl halides is 2. The second kappa shape index (κ2) is 5.47. The second-order valence-electron chi connectivity index (χ2n) is 3.73. The summed E-state index contributed by atoms with van der Waals surface area (Å²) in [4.78, 5) is 11.6. The van der Waals surface area contributed by atoms with Gasteiger partial charge in [-0.1, -0.05) is 18.2 Å². The van der Waals surface area contributed by atoms with E-state index in [1.807, 2.05) is 0 Å². The monoisotopic (exact) mass is 267 g/mol. The number of carbonyl (C=O) groups is 1. The molecule has 0 radical (unpaired) electrons. The molecule has 0 spiro atoms. The molecular weight excluding hydrogens is 256 g/mol. The van der Waals surface area contributed by atoms with Crippen LogP contribution in [0.3, 0.4) is 0 Å². The SMILES string of the molecule is Cn1cc(OC(=O)Nc2ccccc2)c(C(F)F)n1. The lowest BCUT2D eigenvalue weighted by Crippen LogP contribution is -2.17. The van der Waals surface area contributed by atoms with Gasteiger partial charge in [0.05, 0.1) is 6.20 Å². The molecule has 1 heterocycles. The van der Waals surface area contributed by atoms with Gasteiger partial charge in [-0.25, -0.2) is 13.6 Å². The van der Waals surface area contributed by atoms with Crippen LogP contribution in [0.25, 0.3) is 0 Å². The van der Waals surface area contributed by atoms with Crippen LogP contribution in [0.2, 0.25) is 0 Å². The minimum absolute atomic E-state index is 0.258. The summed E-state index contributed by atoms with van der Waals surface area (Å²) < 4.78 is 31.2. The summed E-state index contributed by atoms with van der Waals surface area (Å²) in [6, 6.07) is 8.54. The summed E-state index contributed by atoms with van der Waals surface area (Å²) in [5.74, 6) is -0.258. The van der Waals surface area contributed by atoms with Gasteiger partial charge in [0.1, 0.15) is 0 Å². The van der Waals surface area contributed by atoms with Crippen LogP contribution in [-0.4, -0.2) is 15.9 Å². The molecule has 7 heteroatoms. The van der Waals surface area contributed by atoms with Crippen molar-refractivity contribution in [1.82, 2.24) is 9.78 Å². The van der Waals surface area contributed by atoms with Crippen LogP contribution in [-0.2, 0) is 7.05 Å². The first kappa shape index (κ1) is 13.0. The lowest BCUT2D eigenvalue weighted by Gasteiger charge is -2.05. The number of hydrogen-bond acceptors (Lipinski definition) is 3. The molecule has 0 fully saturated rings. The van der Waals surface area contributed by atoms with E-state index in [0.717, 1.165) is 4.68 Å². The smallest absolute Gasteiger partial charge is 0.406 e. The highest BCUT2D eigenvalue weighted by molar-refractivity contribution is 5.86. The number of benzene rings is 1. The zero-order valence-electron chi connectivity index (χ0n) is 10.0. The van der Waals surface area contributed by atoms with Crippen LogP contribution in [0, 0.1) is 0 Å². The van der Waals surface area contributed by atoms with Crippen molar-refractivity contribution in [3.8, 4) is 5.75 Å². The Kier molecular flexibility index (Phi) is 3.74. The molecule has 0 atom stereocenters. The van der Waals surface area contributed by atoms with Crippen molar-refractivity contribution in [2.45, 2.75) is 6.43 Å². The van der Waals surface area contributed by atoms with Crippen molar-refractivity contribution < 1.29 is 18.3 Å². The molecule has 0 aliphatic rings. The predicted molar refractivity (Wildman–Crippen MR) is 64.3 cm³/mol. The van der Waals surface area contributed by atoms with Crippen LogP contribution < -0.4 is 10.1 Å². The van der Waals surface area contributed by atoms with Gasteiger partial charge in [0, 0.05) is 12.7 Å². The highest BCUT2D eigenvalue weighted by Crippen LogP contribution is 2.27. The summed E-state index contributed by atoms with van der Waals surface area (Å²) in [6.07, 6.45) is -2.44. The summed E-state index contributed by atoms with van der Waals surface area (Å²) in [7, 11) is 1.47. The average molecular weight is 267 g/mol. The molecule has 5 nitrogen and oxygen atoms in total. The Bertz CT molecular complexity index is 570. The molecule has 0 saturated carbocycles. The van der Waals surface area contributed by atoms with Gasteiger partial charge in [-0.05, 0) is 12.1 Å². The van der Waals surface area contributed by atoms with Crippen LogP contribution in [0.5, 0.6) is 5.75 Å². The standard InChI is InChI=1S/C12H11F2N3O2/c1-17-7-9(10(16-17)11(13)14)19-12(18)15-8-5-3-2-4-6-8/h2-7,11H,1H3,(H,15,18). The third kappa shape index (κ3) is 3.27. The van der Waals surface area contributed by atoms with E-state index >= 15 is 0 Å². The lowest BCUT2D eigenvalue weighted by molar-refractivity contribution is 0.141. The number of amides is 1.